The SMILES string of the molecule is CS(=O)(=O)CCCONC1CCCC1. The minimum Gasteiger partial charge on any atom is -0.302 e. The molecule has 1 rings (SSSR count). The van der Waals surface area contributed by atoms with E-state index in [1.807, 2.05) is 0 Å². The van der Waals surface area contributed by atoms with Crippen molar-refractivity contribution in [2.24, 2.45) is 0 Å². The molecule has 1 aliphatic carbocycles. The lowest BCUT2D eigenvalue weighted by Crippen LogP contribution is -2.27. The Bertz CT molecular complexity index is 245. The molecule has 5 heteroatoms. The molecule has 0 amide bonds. The van der Waals surface area contributed by atoms with Crippen molar-refractivity contribution in [1.82, 2.24) is 5.48 Å². The predicted octanol–water partition coefficient (Wildman–Crippen LogP) is 0.885. The lowest BCUT2D eigenvalue weighted by atomic mass is 10.3. The smallest absolute Gasteiger partial charge is 0.147 e. The van der Waals surface area contributed by atoms with Gasteiger partial charge >= 0.3 is 0 Å². The Morgan fingerprint density at radius 2 is 2.00 bits per heavy atom. The maximum absolute atomic E-state index is 10.8. The van der Waals surface area contributed by atoms with Gasteiger partial charge in [-0.25, -0.2) is 8.42 Å². The van der Waals surface area contributed by atoms with Crippen LogP contribution in [0, 0.1) is 0 Å². The van der Waals surface area contributed by atoms with Crippen molar-refractivity contribution in [2.45, 2.75) is 38.1 Å². The molecule has 0 heterocycles. The van der Waals surface area contributed by atoms with E-state index >= 15 is 0 Å². The highest BCUT2D eigenvalue weighted by atomic mass is 32.2. The van der Waals surface area contributed by atoms with Crippen molar-refractivity contribution in [1.29, 1.82) is 0 Å². The van der Waals surface area contributed by atoms with Crippen LogP contribution < -0.4 is 5.48 Å². The monoisotopic (exact) mass is 221 g/mol. The fraction of sp³-hybridized carbons (Fsp3) is 1.00. The molecule has 0 aromatic rings. The first-order valence-corrected chi connectivity index (χ1v) is 7.19. The second-order valence-corrected chi connectivity index (χ2v) is 6.19. The highest BCUT2D eigenvalue weighted by molar-refractivity contribution is 7.90. The minimum absolute atomic E-state index is 0.208. The fourth-order valence-corrected chi connectivity index (χ4v) is 2.26. The highest BCUT2D eigenvalue weighted by Gasteiger charge is 2.14. The molecule has 1 saturated carbocycles. The van der Waals surface area contributed by atoms with Gasteiger partial charge in [0.25, 0.3) is 0 Å². The van der Waals surface area contributed by atoms with Gasteiger partial charge < -0.3 is 4.84 Å². The van der Waals surface area contributed by atoms with Gasteiger partial charge in [-0.05, 0) is 19.3 Å². The molecule has 1 N–H and O–H groups in total. The molecule has 0 aromatic heterocycles. The number of nitrogens with one attached hydrogen (secondary N) is 1. The van der Waals surface area contributed by atoms with Crippen molar-refractivity contribution < 1.29 is 13.3 Å². The number of hydrogen-bond acceptors (Lipinski definition) is 4. The Hall–Kier alpha value is -0.130. The van der Waals surface area contributed by atoms with Crippen LogP contribution in [-0.2, 0) is 14.7 Å². The molecule has 0 spiro atoms. The van der Waals surface area contributed by atoms with Gasteiger partial charge in [-0.2, -0.15) is 5.48 Å². The molecule has 1 aliphatic rings. The third kappa shape index (κ3) is 5.57. The maximum Gasteiger partial charge on any atom is 0.147 e. The van der Waals surface area contributed by atoms with Gasteiger partial charge in [0.2, 0.25) is 0 Å². The van der Waals surface area contributed by atoms with E-state index in [0.29, 0.717) is 19.1 Å². The fourth-order valence-electron chi connectivity index (χ4n) is 1.61. The maximum atomic E-state index is 10.8. The van der Waals surface area contributed by atoms with Gasteiger partial charge in [-0.15, -0.1) is 0 Å². The first-order chi connectivity index (χ1) is 6.58. The molecule has 0 atom stereocenters. The molecule has 0 bridgehead atoms. The second kappa shape index (κ2) is 5.68. The molecule has 0 radical (unpaired) electrons. The first-order valence-electron chi connectivity index (χ1n) is 5.13. The van der Waals surface area contributed by atoms with E-state index in [1.54, 1.807) is 0 Å². The van der Waals surface area contributed by atoms with Crippen LogP contribution >= 0.6 is 0 Å². The molecule has 0 aromatic carbocycles. The topological polar surface area (TPSA) is 55.4 Å². The van der Waals surface area contributed by atoms with Crippen LogP contribution in [0.1, 0.15) is 32.1 Å². The summed E-state index contributed by atoms with van der Waals surface area (Å²) in [6.07, 6.45) is 6.70. The number of rotatable bonds is 6. The molecule has 4 nitrogen and oxygen atoms in total. The van der Waals surface area contributed by atoms with Crippen molar-refractivity contribution in [3.05, 3.63) is 0 Å². The van der Waals surface area contributed by atoms with Crippen LogP contribution in [0.5, 0.6) is 0 Å². The van der Waals surface area contributed by atoms with E-state index in [0.717, 1.165) is 0 Å². The van der Waals surface area contributed by atoms with E-state index in [1.165, 1.54) is 31.9 Å². The first kappa shape index (κ1) is 11.9. The summed E-state index contributed by atoms with van der Waals surface area (Å²) in [6.45, 7) is 0.476. The molecular weight excluding hydrogens is 202 g/mol. The zero-order valence-corrected chi connectivity index (χ0v) is 9.48. The Balaban J connectivity index is 1.94. The van der Waals surface area contributed by atoms with E-state index < -0.39 is 9.84 Å². The van der Waals surface area contributed by atoms with Crippen molar-refractivity contribution in [2.75, 3.05) is 18.6 Å². The second-order valence-electron chi connectivity index (χ2n) is 3.93. The summed E-state index contributed by atoms with van der Waals surface area (Å²) in [4.78, 5) is 5.20. The summed E-state index contributed by atoms with van der Waals surface area (Å²) in [5.74, 6) is 0.208. The van der Waals surface area contributed by atoms with Crippen LogP contribution in [0.4, 0.5) is 0 Å². The molecule has 0 saturated heterocycles. The number of sulfone groups is 1. The van der Waals surface area contributed by atoms with Crippen molar-refractivity contribution in [3.63, 3.8) is 0 Å². The lowest BCUT2D eigenvalue weighted by molar-refractivity contribution is 0.0182. The zero-order chi connectivity index (χ0) is 10.4. The van der Waals surface area contributed by atoms with Gasteiger partial charge in [0, 0.05) is 12.3 Å². The van der Waals surface area contributed by atoms with Gasteiger partial charge in [0.1, 0.15) is 9.84 Å². The molecular formula is C9H19NO3S. The highest BCUT2D eigenvalue weighted by Crippen LogP contribution is 2.17. The number of hydroxylamine groups is 1. The van der Waals surface area contributed by atoms with E-state index in [9.17, 15) is 8.42 Å². The Morgan fingerprint density at radius 3 is 2.57 bits per heavy atom. The van der Waals surface area contributed by atoms with Crippen LogP contribution in [0.3, 0.4) is 0 Å². The largest absolute Gasteiger partial charge is 0.302 e. The summed E-state index contributed by atoms with van der Waals surface area (Å²) >= 11 is 0. The van der Waals surface area contributed by atoms with Crippen LogP contribution in [0.15, 0.2) is 0 Å². The Morgan fingerprint density at radius 1 is 1.36 bits per heavy atom. The summed E-state index contributed by atoms with van der Waals surface area (Å²) in [5, 5.41) is 0. The van der Waals surface area contributed by atoms with Crippen LogP contribution in [-0.4, -0.2) is 33.1 Å². The van der Waals surface area contributed by atoms with Gasteiger partial charge in [-0.1, -0.05) is 12.8 Å². The molecule has 0 aliphatic heterocycles. The summed E-state index contributed by atoms with van der Waals surface area (Å²) < 4.78 is 21.5. The standard InChI is InChI=1S/C9H19NO3S/c1-14(11,12)8-4-7-13-10-9-5-2-3-6-9/h9-10H,2-8H2,1H3. The zero-order valence-electron chi connectivity index (χ0n) is 8.66. The van der Waals surface area contributed by atoms with Crippen LogP contribution in [0.25, 0.3) is 0 Å². The summed E-state index contributed by atoms with van der Waals surface area (Å²) in [5.41, 5.74) is 2.97. The average Bonchev–Trinajstić information content (AvgIpc) is 2.54. The van der Waals surface area contributed by atoms with Gasteiger partial charge in [0.15, 0.2) is 0 Å². The van der Waals surface area contributed by atoms with Crippen molar-refractivity contribution in [3.8, 4) is 0 Å². The van der Waals surface area contributed by atoms with Gasteiger partial charge in [0.05, 0.1) is 12.4 Å². The molecule has 84 valence electrons. The Kier molecular flexibility index (Phi) is 4.84. The normalized spacial score (nSPS) is 18.9. The molecule has 14 heavy (non-hydrogen) atoms. The Labute approximate surface area is 85.9 Å². The number of hydrogen-bond donors (Lipinski definition) is 1. The van der Waals surface area contributed by atoms with E-state index in [4.69, 9.17) is 4.84 Å². The predicted molar refractivity (Wildman–Crippen MR) is 55.7 cm³/mol. The van der Waals surface area contributed by atoms with Crippen LogP contribution in [0.2, 0.25) is 0 Å². The third-order valence-corrected chi connectivity index (χ3v) is 3.40. The lowest BCUT2D eigenvalue weighted by Gasteiger charge is -2.11. The summed E-state index contributed by atoms with van der Waals surface area (Å²) in [7, 11) is -2.83. The molecule has 0 unspecified atom stereocenters. The summed E-state index contributed by atoms with van der Waals surface area (Å²) in [6, 6.07) is 0.480. The quantitative estimate of drug-likeness (QED) is 0.534. The minimum atomic E-state index is -2.83. The third-order valence-electron chi connectivity index (χ3n) is 2.37. The van der Waals surface area contributed by atoms with E-state index in [2.05, 4.69) is 5.48 Å². The van der Waals surface area contributed by atoms with E-state index in [-0.39, 0.29) is 5.75 Å². The van der Waals surface area contributed by atoms with Crippen molar-refractivity contribution >= 4 is 9.84 Å². The molecule has 1 fully saturated rings. The average molecular weight is 221 g/mol. The van der Waals surface area contributed by atoms with Gasteiger partial charge in [-0.3, -0.25) is 0 Å².